The van der Waals surface area contributed by atoms with Gasteiger partial charge in [-0.05, 0) is 19.8 Å². The van der Waals surface area contributed by atoms with Gasteiger partial charge in [0.2, 0.25) is 0 Å². The van der Waals surface area contributed by atoms with Gasteiger partial charge < -0.3 is 16.2 Å². The van der Waals surface area contributed by atoms with E-state index in [1.54, 1.807) is 13.0 Å². The van der Waals surface area contributed by atoms with Crippen molar-refractivity contribution in [2.24, 2.45) is 0 Å². The van der Waals surface area contributed by atoms with Crippen LogP contribution >= 0.6 is 0 Å². The zero-order valence-corrected chi connectivity index (χ0v) is 10.8. The Morgan fingerprint density at radius 1 is 1.35 bits per heavy atom. The molecule has 0 aliphatic carbocycles. The van der Waals surface area contributed by atoms with Crippen LogP contribution in [0.5, 0.6) is 0 Å². The first-order chi connectivity index (χ1) is 7.99. The van der Waals surface area contributed by atoms with Crippen molar-refractivity contribution in [1.29, 1.82) is 0 Å². The van der Waals surface area contributed by atoms with Crippen LogP contribution in [0.15, 0.2) is 6.07 Å². The maximum atomic E-state index is 9.14. The molecule has 96 valence electrons. The van der Waals surface area contributed by atoms with Gasteiger partial charge in [-0.25, -0.2) is 9.97 Å². The molecule has 1 unspecified atom stereocenters. The Kier molecular flexibility index (Phi) is 5.15. The summed E-state index contributed by atoms with van der Waals surface area (Å²) in [5, 5.41) is 12.3. The molecule has 17 heavy (non-hydrogen) atoms. The maximum Gasteiger partial charge on any atom is 0.135 e. The molecule has 0 aromatic carbocycles. The molecular weight excluding hydrogens is 216 g/mol. The van der Waals surface area contributed by atoms with E-state index in [0.717, 1.165) is 31.0 Å². The number of nitrogens with one attached hydrogen (secondary N) is 1. The Morgan fingerprint density at radius 3 is 2.65 bits per heavy atom. The summed E-state index contributed by atoms with van der Waals surface area (Å²) in [7, 11) is 0. The molecule has 0 bridgehead atoms. The summed E-state index contributed by atoms with van der Waals surface area (Å²) < 4.78 is 0. The number of aliphatic hydroxyl groups excluding tert-OH is 1. The predicted octanol–water partition coefficient (Wildman–Crippen LogP) is 1.76. The van der Waals surface area contributed by atoms with Gasteiger partial charge in [0, 0.05) is 18.5 Å². The molecule has 0 fully saturated rings. The molecule has 0 radical (unpaired) electrons. The van der Waals surface area contributed by atoms with E-state index in [0.29, 0.717) is 5.82 Å². The quantitative estimate of drug-likeness (QED) is 0.658. The second kappa shape index (κ2) is 6.39. The lowest BCUT2D eigenvalue weighted by Gasteiger charge is -2.10. The fraction of sp³-hybridized carbons (Fsp3) is 0.667. The second-order valence-corrected chi connectivity index (χ2v) is 4.61. The van der Waals surface area contributed by atoms with Crippen LogP contribution in [0.25, 0.3) is 0 Å². The predicted molar refractivity (Wildman–Crippen MR) is 69.9 cm³/mol. The number of aliphatic hydroxyl groups is 1. The number of hydrogen-bond acceptors (Lipinski definition) is 5. The number of hydrogen-bond donors (Lipinski definition) is 3. The summed E-state index contributed by atoms with van der Waals surface area (Å²) >= 11 is 0. The summed E-state index contributed by atoms with van der Waals surface area (Å²) in [5.41, 5.74) is 5.72. The van der Waals surface area contributed by atoms with Crippen LogP contribution in [0, 0.1) is 0 Å². The Bertz CT molecular complexity index is 352. The van der Waals surface area contributed by atoms with E-state index in [-0.39, 0.29) is 12.0 Å². The van der Waals surface area contributed by atoms with Crippen LogP contribution < -0.4 is 11.1 Å². The standard InChI is InChI=1S/C12H22N4O/c1-8(2)12-15-10(13)7-11(16-12)14-6-4-5-9(3)17/h7-9,17H,4-6H2,1-3H3,(H3,13,14,15,16). The van der Waals surface area contributed by atoms with Gasteiger partial charge in [-0.15, -0.1) is 0 Å². The van der Waals surface area contributed by atoms with Crippen molar-refractivity contribution in [1.82, 2.24) is 9.97 Å². The number of nitrogens with zero attached hydrogens (tertiary/aromatic N) is 2. The molecule has 0 aliphatic heterocycles. The molecule has 1 aromatic heterocycles. The van der Waals surface area contributed by atoms with E-state index in [1.807, 2.05) is 13.8 Å². The van der Waals surface area contributed by atoms with Gasteiger partial charge in [0.05, 0.1) is 6.10 Å². The average Bonchev–Trinajstić information content (AvgIpc) is 2.23. The molecule has 0 aliphatic rings. The Balaban J connectivity index is 2.53. The van der Waals surface area contributed by atoms with E-state index in [1.165, 1.54) is 0 Å². The molecule has 0 saturated heterocycles. The lowest BCUT2D eigenvalue weighted by Crippen LogP contribution is -2.10. The largest absolute Gasteiger partial charge is 0.393 e. The van der Waals surface area contributed by atoms with Gasteiger partial charge in [0.1, 0.15) is 17.5 Å². The van der Waals surface area contributed by atoms with Crippen LogP contribution in [0.2, 0.25) is 0 Å². The van der Waals surface area contributed by atoms with E-state index >= 15 is 0 Å². The second-order valence-electron chi connectivity index (χ2n) is 4.61. The SMILES string of the molecule is CC(O)CCCNc1cc(N)nc(C(C)C)n1. The summed E-state index contributed by atoms with van der Waals surface area (Å²) in [4.78, 5) is 8.56. The van der Waals surface area contributed by atoms with Crippen molar-refractivity contribution in [2.75, 3.05) is 17.6 Å². The Labute approximate surface area is 102 Å². The van der Waals surface area contributed by atoms with Crippen molar-refractivity contribution in [3.05, 3.63) is 11.9 Å². The molecule has 1 heterocycles. The van der Waals surface area contributed by atoms with E-state index in [2.05, 4.69) is 15.3 Å². The highest BCUT2D eigenvalue weighted by Gasteiger charge is 2.06. The van der Waals surface area contributed by atoms with Crippen molar-refractivity contribution in [3.63, 3.8) is 0 Å². The molecule has 4 N–H and O–H groups in total. The number of anilines is 2. The lowest BCUT2D eigenvalue weighted by molar-refractivity contribution is 0.183. The molecule has 0 saturated carbocycles. The number of rotatable bonds is 6. The van der Waals surface area contributed by atoms with Crippen molar-refractivity contribution in [3.8, 4) is 0 Å². The van der Waals surface area contributed by atoms with Gasteiger partial charge in [-0.2, -0.15) is 0 Å². The molecule has 0 amide bonds. The van der Waals surface area contributed by atoms with Crippen LogP contribution in [0.4, 0.5) is 11.6 Å². The average molecular weight is 238 g/mol. The molecular formula is C12H22N4O. The number of nitrogens with two attached hydrogens (primary N) is 1. The molecule has 0 spiro atoms. The number of aromatic nitrogens is 2. The van der Waals surface area contributed by atoms with Crippen LogP contribution in [-0.2, 0) is 0 Å². The van der Waals surface area contributed by atoms with Crippen molar-refractivity contribution in [2.45, 2.75) is 45.6 Å². The number of nitrogen functional groups attached to an aromatic ring is 1. The monoisotopic (exact) mass is 238 g/mol. The zero-order chi connectivity index (χ0) is 12.8. The minimum Gasteiger partial charge on any atom is -0.393 e. The first-order valence-electron chi connectivity index (χ1n) is 6.05. The van der Waals surface area contributed by atoms with Crippen LogP contribution in [0.1, 0.15) is 45.4 Å². The first kappa shape index (κ1) is 13.7. The van der Waals surface area contributed by atoms with Gasteiger partial charge in [0.25, 0.3) is 0 Å². The topological polar surface area (TPSA) is 84.1 Å². The Morgan fingerprint density at radius 2 is 2.06 bits per heavy atom. The van der Waals surface area contributed by atoms with Crippen LogP contribution in [-0.4, -0.2) is 27.7 Å². The zero-order valence-electron chi connectivity index (χ0n) is 10.8. The van der Waals surface area contributed by atoms with Crippen LogP contribution in [0.3, 0.4) is 0 Å². The highest BCUT2D eigenvalue weighted by Crippen LogP contribution is 2.15. The summed E-state index contributed by atoms with van der Waals surface area (Å²) in [6.07, 6.45) is 1.43. The third kappa shape index (κ3) is 4.99. The molecule has 5 heteroatoms. The van der Waals surface area contributed by atoms with Crippen molar-refractivity contribution >= 4 is 11.6 Å². The third-order valence-corrected chi connectivity index (χ3v) is 2.38. The van der Waals surface area contributed by atoms with Gasteiger partial charge in [-0.1, -0.05) is 13.8 Å². The summed E-state index contributed by atoms with van der Waals surface area (Å²) in [5.74, 6) is 2.26. The van der Waals surface area contributed by atoms with E-state index < -0.39 is 0 Å². The fourth-order valence-electron chi connectivity index (χ4n) is 1.45. The van der Waals surface area contributed by atoms with Gasteiger partial charge >= 0.3 is 0 Å². The molecule has 1 aromatic rings. The Hall–Kier alpha value is -1.36. The molecule has 1 atom stereocenters. The maximum absolute atomic E-state index is 9.14. The molecule has 1 rings (SSSR count). The minimum absolute atomic E-state index is 0.251. The first-order valence-corrected chi connectivity index (χ1v) is 6.05. The van der Waals surface area contributed by atoms with E-state index in [9.17, 15) is 0 Å². The van der Waals surface area contributed by atoms with Gasteiger partial charge in [0.15, 0.2) is 0 Å². The lowest BCUT2D eigenvalue weighted by atomic mass is 10.2. The van der Waals surface area contributed by atoms with Gasteiger partial charge in [-0.3, -0.25) is 0 Å². The normalized spacial score (nSPS) is 12.8. The minimum atomic E-state index is -0.251. The smallest absolute Gasteiger partial charge is 0.135 e. The fourth-order valence-corrected chi connectivity index (χ4v) is 1.45. The highest BCUT2D eigenvalue weighted by atomic mass is 16.3. The van der Waals surface area contributed by atoms with Crippen molar-refractivity contribution < 1.29 is 5.11 Å². The highest BCUT2D eigenvalue weighted by molar-refractivity contribution is 5.44. The summed E-state index contributed by atoms with van der Waals surface area (Å²) in [6.45, 7) is 6.64. The third-order valence-electron chi connectivity index (χ3n) is 2.38. The van der Waals surface area contributed by atoms with E-state index in [4.69, 9.17) is 10.8 Å². The molecule has 5 nitrogen and oxygen atoms in total. The summed E-state index contributed by atoms with van der Waals surface area (Å²) in [6, 6.07) is 1.73.